The van der Waals surface area contributed by atoms with Gasteiger partial charge in [0, 0.05) is 12.4 Å². The molecule has 0 aliphatic heterocycles. The maximum atomic E-state index is 4.96. The summed E-state index contributed by atoms with van der Waals surface area (Å²) in [4.78, 5) is 7.99. The number of hydrogen-bond donors (Lipinski definition) is 0. The van der Waals surface area contributed by atoms with Gasteiger partial charge in [-0.3, -0.25) is 0 Å². The maximum absolute atomic E-state index is 4.96. The Kier molecular flexibility index (Phi) is 1.55. The highest BCUT2D eigenvalue weighted by Crippen LogP contribution is 2.12. The predicted octanol–water partition coefficient (Wildman–Crippen LogP) is 0.835. The minimum atomic E-state index is 0.440. The van der Waals surface area contributed by atoms with E-state index in [1.807, 2.05) is 6.92 Å². The molecule has 0 aliphatic carbocycles. The van der Waals surface area contributed by atoms with E-state index in [4.69, 9.17) is 4.42 Å². The largest absolute Gasteiger partial charge is 0.423 e. The molecule has 0 atom stereocenters. The van der Waals surface area contributed by atoms with Gasteiger partial charge in [-0.1, -0.05) is 0 Å². The van der Waals surface area contributed by atoms with Crippen molar-refractivity contribution in [1.29, 1.82) is 0 Å². The van der Waals surface area contributed by atoms with Crippen molar-refractivity contribution >= 4 is 0 Å². The summed E-state index contributed by atoms with van der Waals surface area (Å²) in [5.74, 6) is 1.16. The van der Waals surface area contributed by atoms with E-state index in [1.165, 1.54) is 6.39 Å². The molecule has 0 aliphatic rings. The molecule has 0 saturated carbocycles. The number of rotatable bonds is 1. The van der Waals surface area contributed by atoms with Gasteiger partial charge in [0.15, 0.2) is 0 Å². The first-order valence-electron chi connectivity index (χ1n) is 3.41. The van der Waals surface area contributed by atoms with Crippen molar-refractivity contribution in [3.05, 3.63) is 24.6 Å². The number of hydrogen-bond acceptors (Lipinski definition) is 5. The molecular weight excluding hydrogens is 156 g/mol. The summed E-state index contributed by atoms with van der Waals surface area (Å²) in [5.41, 5.74) is 0.734. The van der Waals surface area contributed by atoms with Crippen molar-refractivity contribution in [3.63, 3.8) is 0 Å². The Bertz CT molecular complexity index is 353. The van der Waals surface area contributed by atoms with Gasteiger partial charge in [0.2, 0.25) is 6.39 Å². The fraction of sp³-hybridized carbons (Fsp3) is 0.143. The summed E-state index contributed by atoms with van der Waals surface area (Å²) >= 11 is 0. The van der Waals surface area contributed by atoms with Crippen LogP contribution < -0.4 is 0 Å². The smallest absolute Gasteiger partial charge is 0.250 e. The molecule has 0 fully saturated rings. The number of aryl methyl sites for hydroxylation is 1. The molecule has 0 saturated heterocycles. The molecule has 2 aromatic heterocycles. The zero-order valence-electron chi connectivity index (χ0n) is 6.43. The second-order valence-corrected chi connectivity index (χ2v) is 2.26. The summed E-state index contributed by atoms with van der Waals surface area (Å²) in [6.45, 7) is 1.82. The second kappa shape index (κ2) is 2.69. The Morgan fingerprint density at radius 1 is 1.25 bits per heavy atom. The lowest BCUT2D eigenvalue weighted by Gasteiger charge is -1.92. The van der Waals surface area contributed by atoms with Crippen molar-refractivity contribution in [1.82, 2.24) is 20.2 Å². The van der Waals surface area contributed by atoms with Crippen LogP contribution in [0.15, 0.2) is 23.2 Å². The lowest BCUT2D eigenvalue weighted by molar-refractivity contribution is 0.568. The molecule has 0 unspecified atom stereocenters. The van der Waals surface area contributed by atoms with E-state index in [0.29, 0.717) is 5.89 Å². The molecule has 0 spiro atoms. The molecule has 12 heavy (non-hydrogen) atoms. The molecule has 0 radical (unpaired) electrons. The highest BCUT2D eigenvalue weighted by molar-refractivity contribution is 5.48. The van der Waals surface area contributed by atoms with Crippen LogP contribution in [-0.4, -0.2) is 20.2 Å². The van der Waals surface area contributed by atoms with E-state index in [2.05, 4.69) is 20.2 Å². The minimum Gasteiger partial charge on any atom is -0.423 e. The molecule has 5 heteroatoms. The number of aromatic nitrogens is 4. The summed E-state index contributed by atoms with van der Waals surface area (Å²) in [5, 5.41) is 7.27. The monoisotopic (exact) mass is 162 g/mol. The third kappa shape index (κ3) is 1.16. The molecule has 60 valence electrons. The van der Waals surface area contributed by atoms with E-state index in [0.717, 1.165) is 11.4 Å². The molecule has 2 rings (SSSR count). The van der Waals surface area contributed by atoms with Crippen molar-refractivity contribution in [3.8, 4) is 11.5 Å². The minimum absolute atomic E-state index is 0.440. The van der Waals surface area contributed by atoms with Gasteiger partial charge in [-0.15, -0.1) is 10.2 Å². The molecule has 0 N–H and O–H groups in total. The lowest BCUT2D eigenvalue weighted by atomic mass is 10.3. The van der Waals surface area contributed by atoms with Crippen LogP contribution in [0.3, 0.4) is 0 Å². The van der Waals surface area contributed by atoms with Crippen molar-refractivity contribution < 1.29 is 4.42 Å². The van der Waals surface area contributed by atoms with E-state index in [9.17, 15) is 0 Å². The van der Waals surface area contributed by atoms with Gasteiger partial charge in [0.1, 0.15) is 5.82 Å². The molecular formula is C7H6N4O. The van der Waals surface area contributed by atoms with Crippen LogP contribution in [0.5, 0.6) is 0 Å². The average molecular weight is 162 g/mol. The van der Waals surface area contributed by atoms with Crippen LogP contribution in [0.4, 0.5) is 0 Å². The predicted molar refractivity (Wildman–Crippen MR) is 40.1 cm³/mol. The Balaban J connectivity index is 2.43. The quantitative estimate of drug-likeness (QED) is 0.621. The lowest BCUT2D eigenvalue weighted by Crippen LogP contribution is -1.87. The molecule has 2 heterocycles. The van der Waals surface area contributed by atoms with Crippen LogP contribution in [0.1, 0.15) is 5.82 Å². The van der Waals surface area contributed by atoms with Gasteiger partial charge >= 0.3 is 0 Å². The van der Waals surface area contributed by atoms with E-state index >= 15 is 0 Å². The summed E-state index contributed by atoms with van der Waals surface area (Å²) in [6.07, 6.45) is 4.57. The molecule has 5 nitrogen and oxygen atoms in total. The van der Waals surface area contributed by atoms with Crippen LogP contribution in [0, 0.1) is 6.92 Å². The van der Waals surface area contributed by atoms with Gasteiger partial charge in [-0.05, 0) is 6.92 Å². The van der Waals surface area contributed by atoms with Crippen molar-refractivity contribution in [2.24, 2.45) is 0 Å². The van der Waals surface area contributed by atoms with Gasteiger partial charge in [0.25, 0.3) is 5.89 Å². The van der Waals surface area contributed by atoms with Gasteiger partial charge in [0.05, 0.1) is 5.56 Å². The molecule has 0 bridgehead atoms. The highest BCUT2D eigenvalue weighted by atomic mass is 16.4. The first-order valence-corrected chi connectivity index (χ1v) is 3.41. The first-order chi connectivity index (χ1) is 5.86. The third-order valence-electron chi connectivity index (χ3n) is 1.39. The topological polar surface area (TPSA) is 64.7 Å². The zero-order valence-corrected chi connectivity index (χ0v) is 6.43. The third-order valence-corrected chi connectivity index (χ3v) is 1.39. The Hall–Kier alpha value is -1.78. The molecule has 2 aromatic rings. The maximum Gasteiger partial charge on any atom is 0.250 e. The second-order valence-electron chi connectivity index (χ2n) is 2.26. The van der Waals surface area contributed by atoms with Gasteiger partial charge < -0.3 is 4.42 Å². The summed E-state index contributed by atoms with van der Waals surface area (Å²) < 4.78 is 4.96. The summed E-state index contributed by atoms with van der Waals surface area (Å²) in [7, 11) is 0. The van der Waals surface area contributed by atoms with Crippen molar-refractivity contribution in [2.45, 2.75) is 6.92 Å². The Labute approximate surface area is 68.5 Å². The molecule has 0 amide bonds. The van der Waals surface area contributed by atoms with Gasteiger partial charge in [-0.2, -0.15) is 0 Å². The summed E-state index contributed by atoms with van der Waals surface area (Å²) in [6, 6.07) is 0. The average Bonchev–Trinajstić information content (AvgIpc) is 2.58. The van der Waals surface area contributed by atoms with Crippen LogP contribution in [-0.2, 0) is 0 Å². The normalized spacial score (nSPS) is 10.1. The van der Waals surface area contributed by atoms with Crippen LogP contribution in [0.25, 0.3) is 11.5 Å². The standard InChI is InChI=1S/C7H6N4O/c1-5-8-2-6(3-9-5)7-11-10-4-12-7/h2-4H,1H3. The van der Waals surface area contributed by atoms with E-state index < -0.39 is 0 Å². The van der Waals surface area contributed by atoms with Crippen molar-refractivity contribution in [2.75, 3.05) is 0 Å². The fourth-order valence-corrected chi connectivity index (χ4v) is 0.802. The van der Waals surface area contributed by atoms with Crippen LogP contribution in [0.2, 0.25) is 0 Å². The fourth-order valence-electron chi connectivity index (χ4n) is 0.802. The highest BCUT2D eigenvalue weighted by Gasteiger charge is 2.02. The Morgan fingerprint density at radius 3 is 2.58 bits per heavy atom. The van der Waals surface area contributed by atoms with E-state index in [-0.39, 0.29) is 0 Å². The Morgan fingerprint density at radius 2 is 2.00 bits per heavy atom. The van der Waals surface area contributed by atoms with Crippen LogP contribution >= 0.6 is 0 Å². The molecule has 0 aromatic carbocycles. The first kappa shape index (κ1) is 6.90. The van der Waals surface area contributed by atoms with E-state index in [1.54, 1.807) is 12.4 Å². The SMILES string of the molecule is Cc1ncc(-c2nnco2)cn1. The zero-order chi connectivity index (χ0) is 8.39. The number of nitrogens with zero attached hydrogens (tertiary/aromatic N) is 4. The van der Waals surface area contributed by atoms with Gasteiger partial charge in [-0.25, -0.2) is 9.97 Å².